The van der Waals surface area contributed by atoms with E-state index in [1.807, 2.05) is 31.2 Å². The lowest BCUT2D eigenvalue weighted by molar-refractivity contribution is -0.126. The van der Waals surface area contributed by atoms with Crippen LogP contribution < -0.4 is 10.1 Å². The number of aromatic amines is 1. The number of rotatable bonds is 9. The second-order valence-electron chi connectivity index (χ2n) is 7.39. The van der Waals surface area contributed by atoms with E-state index in [0.717, 1.165) is 17.7 Å². The van der Waals surface area contributed by atoms with Gasteiger partial charge >= 0.3 is 0 Å². The molecule has 0 aliphatic carbocycles. The molecular formula is C20H29N5O4S. The van der Waals surface area contributed by atoms with Crippen LogP contribution >= 0.6 is 0 Å². The monoisotopic (exact) mass is 435 g/mol. The van der Waals surface area contributed by atoms with E-state index in [2.05, 4.69) is 20.5 Å². The number of sulfonamides is 1. The number of aromatic nitrogens is 3. The minimum absolute atomic E-state index is 0.0806. The zero-order chi connectivity index (χ0) is 21.6. The lowest BCUT2D eigenvalue weighted by Gasteiger charge is -2.30. The van der Waals surface area contributed by atoms with Crippen LogP contribution in [0.4, 0.5) is 0 Å². The van der Waals surface area contributed by atoms with Crippen LogP contribution in [-0.4, -0.2) is 59.8 Å². The van der Waals surface area contributed by atoms with Crippen LogP contribution in [-0.2, 0) is 21.4 Å². The Morgan fingerprint density at radius 2 is 1.97 bits per heavy atom. The zero-order valence-corrected chi connectivity index (χ0v) is 18.2. The fourth-order valence-corrected chi connectivity index (χ4v) is 5.09. The van der Waals surface area contributed by atoms with E-state index in [0.29, 0.717) is 44.0 Å². The highest BCUT2D eigenvalue weighted by molar-refractivity contribution is 7.89. The minimum atomic E-state index is -3.21. The number of nitrogens with zero attached hydrogens (tertiary/aromatic N) is 3. The molecule has 0 atom stereocenters. The summed E-state index contributed by atoms with van der Waals surface area (Å²) in [6.07, 6.45) is 2.58. The normalized spacial score (nSPS) is 15.8. The highest BCUT2D eigenvalue weighted by atomic mass is 32.2. The van der Waals surface area contributed by atoms with Gasteiger partial charge in [-0.1, -0.05) is 13.3 Å². The highest BCUT2D eigenvalue weighted by Crippen LogP contribution is 2.21. The van der Waals surface area contributed by atoms with Gasteiger partial charge in [-0.05, 0) is 43.5 Å². The van der Waals surface area contributed by atoms with Crippen LogP contribution in [0.3, 0.4) is 0 Å². The smallest absolute Gasteiger partial charge is 0.223 e. The maximum absolute atomic E-state index is 12.5. The summed E-state index contributed by atoms with van der Waals surface area (Å²) >= 11 is 0. The molecule has 1 saturated heterocycles. The SMILES string of the molecule is CCCCS(=O)(=O)N1CCC(C(=O)NCc2nc(-c3ccc(OC)cc3)n[nH]2)CC1. The molecule has 1 amide bonds. The van der Waals surface area contributed by atoms with Gasteiger partial charge in [0.25, 0.3) is 0 Å². The largest absolute Gasteiger partial charge is 0.497 e. The van der Waals surface area contributed by atoms with E-state index in [9.17, 15) is 13.2 Å². The fourth-order valence-electron chi connectivity index (χ4n) is 3.41. The standard InChI is InChI=1S/C20H29N5O4S/c1-3-4-13-30(27,28)25-11-9-16(10-12-25)20(26)21-14-18-22-19(24-23-18)15-5-7-17(29-2)8-6-15/h5-8,16H,3-4,9-14H2,1-2H3,(H,21,26)(H,22,23,24). The quantitative estimate of drug-likeness (QED) is 0.622. The van der Waals surface area contributed by atoms with Crippen molar-refractivity contribution in [3.05, 3.63) is 30.1 Å². The summed E-state index contributed by atoms with van der Waals surface area (Å²) in [5.74, 6) is 1.78. The van der Waals surface area contributed by atoms with Crippen LogP contribution in [0.2, 0.25) is 0 Å². The number of ether oxygens (including phenoxy) is 1. The number of nitrogens with one attached hydrogen (secondary N) is 2. The van der Waals surface area contributed by atoms with E-state index in [4.69, 9.17) is 4.74 Å². The molecule has 164 valence electrons. The topological polar surface area (TPSA) is 117 Å². The molecule has 0 saturated carbocycles. The van der Waals surface area contributed by atoms with Crippen molar-refractivity contribution in [2.75, 3.05) is 26.0 Å². The Hall–Kier alpha value is -2.46. The van der Waals surface area contributed by atoms with Gasteiger partial charge in [-0.25, -0.2) is 17.7 Å². The van der Waals surface area contributed by atoms with Crippen molar-refractivity contribution in [3.63, 3.8) is 0 Å². The predicted molar refractivity (Wildman–Crippen MR) is 113 cm³/mol. The Kier molecular flexibility index (Phi) is 7.43. The molecule has 0 bridgehead atoms. The van der Waals surface area contributed by atoms with Gasteiger partial charge in [-0.2, -0.15) is 5.10 Å². The van der Waals surface area contributed by atoms with Crippen LogP contribution in [0.15, 0.2) is 24.3 Å². The summed E-state index contributed by atoms with van der Waals surface area (Å²) in [7, 11) is -1.60. The van der Waals surface area contributed by atoms with Crippen molar-refractivity contribution in [1.29, 1.82) is 0 Å². The molecular weight excluding hydrogens is 406 g/mol. The van der Waals surface area contributed by atoms with Gasteiger partial charge in [0, 0.05) is 24.6 Å². The molecule has 0 radical (unpaired) electrons. The Balaban J connectivity index is 1.48. The molecule has 9 nitrogen and oxygen atoms in total. The van der Waals surface area contributed by atoms with Crippen molar-refractivity contribution in [1.82, 2.24) is 24.8 Å². The van der Waals surface area contributed by atoms with Gasteiger partial charge < -0.3 is 10.1 Å². The second kappa shape index (κ2) is 10.0. The maximum Gasteiger partial charge on any atom is 0.223 e. The van der Waals surface area contributed by atoms with Crippen molar-refractivity contribution in [2.45, 2.75) is 39.2 Å². The van der Waals surface area contributed by atoms with Crippen LogP contribution in [0.5, 0.6) is 5.75 Å². The lowest BCUT2D eigenvalue weighted by Crippen LogP contribution is -2.43. The fraction of sp³-hybridized carbons (Fsp3) is 0.550. The summed E-state index contributed by atoms with van der Waals surface area (Å²) in [5, 5.41) is 9.91. The molecule has 0 spiro atoms. The highest BCUT2D eigenvalue weighted by Gasteiger charge is 2.30. The van der Waals surface area contributed by atoms with Crippen molar-refractivity contribution >= 4 is 15.9 Å². The lowest BCUT2D eigenvalue weighted by atomic mass is 9.97. The zero-order valence-electron chi connectivity index (χ0n) is 17.4. The summed E-state index contributed by atoms with van der Waals surface area (Å²) < 4.78 is 31.2. The average molecular weight is 436 g/mol. The first-order chi connectivity index (χ1) is 14.4. The molecule has 10 heteroatoms. The van der Waals surface area contributed by atoms with Gasteiger partial charge in [0.15, 0.2) is 5.82 Å². The number of carbonyl (C=O) groups excluding carboxylic acids is 1. The number of hydrogen-bond acceptors (Lipinski definition) is 6. The van der Waals surface area contributed by atoms with E-state index >= 15 is 0 Å². The Morgan fingerprint density at radius 1 is 1.27 bits per heavy atom. The number of amides is 1. The van der Waals surface area contributed by atoms with Crippen LogP contribution in [0.25, 0.3) is 11.4 Å². The van der Waals surface area contributed by atoms with Gasteiger partial charge in [0.05, 0.1) is 19.4 Å². The van der Waals surface area contributed by atoms with E-state index in [1.165, 1.54) is 4.31 Å². The Bertz CT molecular complexity index is 934. The molecule has 30 heavy (non-hydrogen) atoms. The van der Waals surface area contributed by atoms with Crippen molar-refractivity contribution in [2.24, 2.45) is 5.92 Å². The molecule has 3 rings (SSSR count). The number of H-pyrrole nitrogens is 1. The second-order valence-corrected chi connectivity index (χ2v) is 9.48. The number of piperidine rings is 1. The van der Waals surface area contributed by atoms with Crippen molar-refractivity contribution in [3.8, 4) is 17.1 Å². The molecule has 2 heterocycles. The third-order valence-electron chi connectivity index (χ3n) is 5.28. The molecule has 2 aromatic rings. The van der Waals surface area contributed by atoms with E-state index in [-0.39, 0.29) is 24.1 Å². The minimum Gasteiger partial charge on any atom is -0.497 e. The average Bonchev–Trinajstić information content (AvgIpc) is 3.25. The summed E-state index contributed by atoms with van der Waals surface area (Å²) in [4.78, 5) is 16.9. The molecule has 1 fully saturated rings. The summed E-state index contributed by atoms with van der Waals surface area (Å²) in [6, 6.07) is 7.41. The number of benzene rings is 1. The molecule has 0 unspecified atom stereocenters. The Labute approximate surface area is 177 Å². The number of carbonyl (C=O) groups is 1. The molecule has 1 aliphatic heterocycles. The first kappa shape index (κ1) is 22.2. The third-order valence-corrected chi connectivity index (χ3v) is 7.24. The first-order valence-electron chi connectivity index (χ1n) is 10.2. The number of methoxy groups -OCH3 is 1. The Morgan fingerprint density at radius 3 is 2.60 bits per heavy atom. The van der Waals surface area contributed by atoms with Crippen molar-refractivity contribution < 1.29 is 17.9 Å². The first-order valence-corrected chi connectivity index (χ1v) is 11.8. The van der Waals surface area contributed by atoms with Gasteiger partial charge in [-0.15, -0.1) is 0 Å². The maximum atomic E-state index is 12.5. The van der Waals surface area contributed by atoms with Gasteiger partial charge in [0.1, 0.15) is 11.6 Å². The molecule has 2 N–H and O–H groups in total. The van der Waals surface area contributed by atoms with Gasteiger partial charge in [-0.3, -0.25) is 9.89 Å². The van der Waals surface area contributed by atoms with E-state index < -0.39 is 10.0 Å². The molecule has 1 aromatic heterocycles. The predicted octanol–water partition coefficient (Wildman–Crippen LogP) is 1.94. The number of unbranched alkanes of at least 4 members (excludes halogenated alkanes) is 1. The molecule has 1 aromatic carbocycles. The van der Waals surface area contributed by atoms with E-state index in [1.54, 1.807) is 7.11 Å². The van der Waals surface area contributed by atoms with Crippen LogP contribution in [0.1, 0.15) is 38.4 Å². The summed E-state index contributed by atoms with van der Waals surface area (Å²) in [5.41, 5.74) is 0.848. The summed E-state index contributed by atoms with van der Waals surface area (Å²) in [6.45, 7) is 3.01. The van der Waals surface area contributed by atoms with Gasteiger partial charge in [0.2, 0.25) is 15.9 Å². The van der Waals surface area contributed by atoms with Crippen LogP contribution in [0, 0.1) is 5.92 Å². The molecule has 1 aliphatic rings. The number of hydrogen-bond donors (Lipinski definition) is 2. The third kappa shape index (κ3) is 5.57.